The first-order chi connectivity index (χ1) is 9.70. The molecule has 0 aliphatic heterocycles. The lowest BCUT2D eigenvalue weighted by Gasteiger charge is -2.00. The van der Waals surface area contributed by atoms with Crippen LogP contribution in [0.25, 0.3) is 11.3 Å². The monoisotopic (exact) mass is 301 g/mol. The molecular weight excluding hydrogens is 290 g/mol. The molecule has 0 aliphatic carbocycles. The van der Waals surface area contributed by atoms with Crippen LogP contribution in [-0.4, -0.2) is 15.0 Å². The van der Waals surface area contributed by atoms with Crippen molar-refractivity contribution in [3.63, 3.8) is 0 Å². The standard InChI is InChI=1S/C15H12ClN3S/c1-10-17-12(7-14(16)18-10)8-15-19-13(9-20-15)11-5-3-2-4-6-11/h2-7,9H,8H2,1H3. The molecule has 3 nitrogen and oxygen atoms in total. The van der Waals surface area contributed by atoms with E-state index in [0.717, 1.165) is 22.0 Å². The van der Waals surface area contributed by atoms with E-state index in [1.165, 1.54) is 0 Å². The molecule has 3 rings (SSSR count). The maximum Gasteiger partial charge on any atom is 0.133 e. The Hall–Kier alpha value is -1.78. The van der Waals surface area contributed by atoms with Crippen LogP contribution in [0.1, 0.15) is 16.5 Å². The van der Waals surface area contributed by atoms with Crippen LogP contribution in [0.5, 0.6) is 0 Å². The highest BCUT2D eigenvalue weighted by Gasteiger charge is 2.07. The third-order valence-electron chi connectivity index (χ3n) is 2.81. The van der Waals surface area contributed by atoms with E-state index in [0.29, 0.717) is 17.4 Å². The smallest absolute Gasteiger partial charge is 0.133 e. The summed E-state index contributed by atoms with van der Waals surface area (Å²) in [5, 5.41) is 3.57. The normalized spacial score (nSPS) is 10.7. The highest BCUT2D eigenvalue weighted by Crippen LogP contribution is 2.23. The van der Waals surface area contributed by atoms with Crippen LogP contribution in [0.3, 0.4) is 0 Å². The summed E-state index contributed by atoms with van der Waals surface area (Å²) in [4.78, 5) is 13.1. The minimum Gasteiger partial charge on any atom is -0.241 e. The van der Waals surface area contributed by atoms with Crippen molar-refractivity contribution in [3.8, 4) is 11.3 Å². The van der Waals surface area contributed by atoms with E-state index in [2.05, 4.69) is 32.5 Å². The summed E-state index contributed by atoms with van der Waals surface area (Å²) in [7, 11) is 0. The number of benzene rings is 1. The number of thiazole rings is 1. The first-order valence-electron chi connectivity index (χ1n) is 6.20. The second-order valence-electron chi connectivity index (χ2n) is 4.40. The van der Waals surface area contributed by atoms with Gasteiger partial charge in [0.05, 0.1) is 16.4 Å². The second kappa shape index (κ2) is 5.69. The van der Waals surface area contributed by atoms with Crippen molar-refractivity contribution in [3.05, 3.63) is 63.5 Å². The third-order valence-corrected chi connectivity index (χ3v) is 3.86. The molecule has 0 radical (unpaired) electrons. The predicted molar refractivity (Wildman–Crippen MR) is 82.1 cm³/mol. The average Bonchev–Trinajstić information content (AvgIpc) is 2.87. The molecule has 0 fully saturated rings. The van der Waals surface area contributed by atoms with E-state index in [1.807, 2.05) is 25.1 Å². The molecule has 0 amide bonds. The van der Waals surface area contributed by atoms with Gasteiger partial charge in [-0.1, -0.05) is 41.9 Å². The number of rotatable bonds is 3. The molecule has 0 spiro atoms. The van der Waals surface area contributed by atoms with Crippen LogP contribution < -0.4 is 0 Å². The summed E-state index contributed by atoms with van der Waals surface area (Å²) < 4.78 is 0. The molecule has 0 bridgehead atoms. The highest BCUT2D eigenvalue weighted by molar-refractivity contribution is 7.10. The first kappa shape index (κ1) is 13.2. The molecule has 100 valence electrons. The van der Waals surface area contributed by atoms with E-state index >= 15 is 0 Å². The number of aromatic nitrogens is 3. The molecule has 2 aromatic heterocycles. The van der Waals surface area contributed by atoms with Gasteiger partial charge in [0.2, 0.25) is 0 Å². The molecule has 0 aliphatic rings. The Morgan fingerprint density at radius 3 is 2.65 bits per heavy atom. The maximum atomic E-state index is 5.95. The fourth-order valence-electron chi connectivity index (χ4n) is 1.97. The average molecular weight is 302 g/mol. The molecule has 0 N–H and O–H groups in total. The van der Waals surface area contributed by atoms with Crippen LogP contribution in [0.15, 0.2) is 41.8 Å². The Labute approximate surface area is 126 Å². The zero-order chi connectivity index (χ0) is 13.9. The van der Waals surface area contributed by atoms with Crippen molar-refractivity contribution in [2.24, 2.45) is 0 Å². The maximum absolute atomic E-state index is 5.95. The lowest BCUT2D eigenvalue weighted by molar-refractivity contribution is 0.962. The molecule has 0 saturated carbocycles. The zero-order valence-corrected chi connectivity index (χ0v) is 12.4. The van der Waals surface area contributed by atoms with Gasteiger partial charge in [-0.05, 0) is 13.0 Å². The summed E-state index contributed by atoms with van der Waals surface area (Å²) >= 11 is 7.59. The number of hydrogen-bond donors (Lipinski definition) is 0. The van der Waals surface area contributed by atoms with Crippen LogP contribution in [0.2, 0.25) is 5.15 Å². The van der Waals surface area contributed by atoms with Crippen molar-refractivity contribution in [2.75, 3.05) is 0 Å². The molecule has 0 atom stereocenters. The Balaban J connectivity index is 1.84. The summed E-state index contributed by atoms with van der Waals surface area (Å²) in [6.07, 6.45) is 0.681. The molecule has 5 heteroatoms. The van der Waals surface area contributed by atoms with Gasteiger partial charge in [0.1, 0.15) is 11.0 Å². The Kier molecular flexibility index (Phi) is 3.76. The largest absolute Gasteiger partial charge is 0.241 e. The van der Waals surface area contributed by atoms with Gasteiger partial charge in [0.15, 0.2) is 0 Å². The van der Waals surface area contributed by atoms with E-state index in [-0.39, 0.29) is 0 Å². The van der Waals surface area contributed by atoms with E-state index in [1.54, 1.807) is 17.4 Å². The van der Waals surface area contributed by atoms with Gasteiger partial charge >= 0.3 is 0 Å². The number of halogens is 1. The minimum atomic E-state index is 0.479. The third kappa shape index (κ3) is 3.03. The second-order valence-corrected chi connectivity index (χ2v) is 5.73. The predicted octanol–water partition coefficient (Wildman–Crippen LogP) is 4.15. The molecular formula is C15H12ClN3S. The SMILES string of the molecule is Cc1nc(Cl)cc(Cc2nc(-c3ccccc3)cs2)n1. The fourth-order valence-corrected chi connectivity index (χ4v) is 3.04. The number of hydrogen-bond acceptors (Lipinski definition) is 4. The van der Waals surface area contributed by atoms with Crippen LogP contribution in [-0.2, 0) is 6.42 Å². The van der Waals surface area contributed by atoms with Crippen molar-refractivity contribution >= 4 is 22.9 Å². The summed E-state index contributed by atoms with van der Waals surface area (Å²) in [5.41, 5.74) is 3.03. The van der Waals surface area contributed by atoms with Crippen LogP contribution in [0.4, 0.5) is 0 Å². The van der Waals surface area contributed by atoms with E-state index in [9.17, 15) is 0 Å². The fraction of sp³-hybridized carbons (Fsp3) is 0.133. The minimum absolute atomic E-state index is 0.479. The summed E-state index contributed by atoms with van der Waals surface area (Å²) in [5.74, 6) is 0.687. The Bertz CT molecular complexity index is 705. The molecule has 0 saturated heterocycles. The van der Waals surface area contributed by atoms with Crippen molar-refractivity contribution in [1.29, 1.82) is 0 Å². The first-order valence-corrected chi connectivity index (χ1v) is 7.46. The van der Waals surface area contributed by atoms with Crippen LogP contribution >= 0.6 is 22.9 Å². The van der Waals surface area contributed by atoms with E-state index in [4.69, 9.17) is 11.6 Å². The molecule has 3 aromatic rings. The quantitative estimate of drug-likeness (QED) is 0.682. The highest BCUT2D eigenvalue weighted by atomic mass is 35.5. The van der Waals surface area contributed by atoms with Gasteiger partial charge in [-0.2, -0.15) is 0 Å². The topological polar surface area (TPSA) is 38.7 Å². The van der Waals surface area contributed by atoms with E-state index < -0.39 is 0 Å². The van der Waals surface area contributed by atoms with Gasteiger partial charge in [-0.3, -0.25) is 0 Å². The zero-order valence-electron chi connectivity index (χ0n) is 10.9. The Morgan fingerprint density at radius 1 is 1.10 bits per heavy atom. The number of nitrogens with zero attached hydrogens (tertiary/aromatic N) is 3. The van der Waals surface area contributed by atoms with Gasteiger partial charge in [0.25, 0.3) is 0 Å². The number of aryl methyl sites for hydroxylation is 1. The molecule has 0 unspecified atom stereocenters. The van der Waals surface area contributed by atoms with Gasteiger partial charge < -0.3 is 0 Å². The Morgan fingerprint density at radius 2 is 1.90 bits per heavy atom. The summed E-state index contributed by atoms with van der Waals surface area (Å²) in [6, 6.07) is 11.9. The molecule has 2 heterocycles. The van der Waals surface area contributed by atoms with Crippen molar-refractivity contribution < 1.29 is 0 Å². The van der Waals surface area contributed by atoms with Gasteiger partial charge in [0, 0.05) is 17.4 Å². The van der Waals surface area contributed by atoms with Crippen LogP contribution in [0, 0.1) is 6.92 Å². The van der Waals surface area contributed by atoms with Crippen molar-refractivity contribution in [2.45, 2.75) is 13.3 Å². The lowest BCUT2D eigenvalue weighted by Crippen LogP contribution is -1.96. The van der Waals surface area contributed by atoms with Gasteiger partial charge in [-0.25, -0.2) is 15.0 Å². The lowest BCUT2D eigenvalue weighted by atomic mass is 10.2. The van der Waals surface area contributed by atoms with Crippen molar-refractivity contribution in [1.82, 2.24) is 15.0 Å². The van der Waals surface area contributed by atoms with Gasteiger partial charge in [-0.15, -0.1) is 11.3 Å². The molecule has 1 aromatic carbocycles. The molecule has 20 heavy (non-hydrogen) atoms. The summed E-state index contributed by atoms with van der Waals surface area (Å²) in [6.45, 7) is 1.84.